The van der Waals surface area contributed by atoms with E-state index in [1.807, 2.05) is 6.92 Å². The van der Waals surface area contributed by atoms with Crippen molar-refractivity contribution in [3.05, 3.63) is 0 Å². The summed E-state index contributed by atoms with van der Waals surface area (Å²) in [6.45, 7) is 3.50. The predicted octanol–water partition coefficient (Wildman–Crippen LogP) is 1.68. The van der Waals surface area contributed by atoms with Crippen LogP contribution in [0.25, 0.3) is 0 Å². The molecular weight excluding hydrogens is 176 g/mol. The first-order chi connectivity index (χ1) is 6.83. The van der Waals surface area contributed by atoms with E-state index in [-0.39, 0.29) is 0 Å². The van der Waals surface area contributed by atoms with Crippen molar-refractivity contribution < 1.29 is 4.74 Å². The molecule has 80 valence electrons. The third kappa shape index (κ3) is 1.78. The molecule has 0 aromatic heterocycles. The molecule has 0 aromatic carbocycles. The van der Waals surface area contributed by atoms with Crippen LogP contribution in [0.1, 0.15) is 32.6 Å². The molecule has 0 radical (unpaired) electrons. The molecule has 14 heavy (non-hydrogen) atoms. The van der Waals surface area contributed by atoms with Gasteiger partial charge in [0.2, 0.25) is 0 Å². The van der Waals surface area contributed by atoms with E-state index in [2.05, 4.69) is 11.9 Å². The molecule has 0 saturated heterocycles. The molecule has 0 spiro atoms. The molecule has 1 aliphatic carbocycles. The van der Waals surface area contributed by atoms with E-state index in [1.54, 1.807) is 0 Å². The van der Waals surface area contributed by atoms with Crippen LogP contribution in [0.15, 0.2) is 4.99 Å². The average Bonchev–Trinajstić information content (AvgIpc) is 2.54. The van der Waals surface area contributed by atoms with Gasteiger partial charge in [0.15, 0.2) is 0 Å². The summed E-state index contributed by atoms with van der Waals surface area (Å²) >= 11 is 0. The van der Waals surface area contributed by atoms with Gasteiger partial charge < -0.3 is 9.64 Å². The van der Waals surface area contributed by atoms with Crippen molar-refractivity contribution >= 4 is 5.84 Å². The van der Waals surface area contributed by atoms with E-state index in [1.165, 1.54) is 25.7 Å². The number of rotatable bonds is 3. The van der Waals surface area contributed by atoms with E-state index in [0.29, 0.717) is 18.7 Å². The standard InChI is InChI=1S/C11H20N2O/c1-3-14-8-11-12-9-6-4-5-7-10(9)13(11)2/h9-10H,3-8H2,1-2H3. The molecule has 3 nitrogen and oxygen atoms in total. The smallest absolute Gasteiger partial charge is 0.126 e. The SMILES string of the molecule is CCOCC1=NC2CCCCC2N1C. The Bertz CT molecular complexity index is 227. The Morgan fingerprint density at radius 3 is 2.93 bits per heavy atom. The van der Waals surface area contributed by atoms with E-state index >= 15 is 0 Å². The second-order valence-corrected chi connectivity index (χ2v) is 4.21. The van der Waals surface area contributed by atoms with Crippen molar-refractivity contribution in [3.8, 4) is 0 Å². The lowest BCUT2D eigenvalue weighted by Gasteiger charge is -2.30. The first-order valence-corrected chi connectivity index (χ1v) is 5.70. The van der Waals surface area contributed by atoms with Gasteiger partial charge in [-0.15, -0.1) is 0 Å². The van der Waals surface area contributed by atoms with Crippen LogP contribution in [-0.2, 0) is 4.74 Å². The predicted molar refractivity (Wildman–Crippen MR) is 57.7 cm³/mol. The quantitative estimate of drug-likeness (QED) is 0.686. The van der Waals surface area contributed by atoms with E-state index in [4.69, 9.17) is 9.73 Å². The van der Waals surface area contributed by atoms with Gasteiger partial charge in [-0.05, 0) is 19.8 Å². The lowest BCUT2D eigenvalue weighted by molar-refractivity contribution is 0.176. The van der Waals surface area contributed by atoms with Crippen LogP contribution in [-0.4, -0.2) is 43.1 Å². The summed E-state index contributed by atoms with van der Waals surface area (Å²) in [4.78, 5) is 7.08. The highest BCUT2D eigenvalue weighted by Gasteiger charge is 2.34. The summed E-state index contributed by atoms with van der Waals surface area (Å²) in [5.74, 6) is 1.16. The molecule has 1 fully saturated rings. The molecule has 1 saturated carbocycles. The minimum atomic E-state index is 0.559. The third-order valence-electron chi connectivity index (χ3n) is 3.35. The van der Waals surface area contributed by atoms with Gasteiger partial charge >= 0.3 is 0 Å². The van der Waals surface area contributed by atoms with Crippen LogP contribution >= 0.6 is 0 Å². The Morgan fingerprint density at radius 1 is 1.43 bits per heavy atom. The summed E-state index contributed by atoms with van der Waals surface area (Å²) in [6, 6.07) is 1.23. The zero-order chi connectivity index (χ0) is 9.97. The molecule has 2 rings (SSSR count). The number of aliphatic imine (C=N–C) groups is 1. The maximum Gasteiger partial charge on any atom is 0.126 e. The fourth-order valence-electron chi connectivity index (χ4n) is 2.50. The number of nitrogens with zero attached hydrogens (tertiary/aromatic N) is 2. The molecule has 0 aromatic rings. The molecule has 1 aliphatic heterocycles. The second-order valence-electron chi connectivity index (χ2n) is 4.21. The Kier molecular flexibility index (Phi) is 3.06. The average molecular weight is 196 g/mol. The Labute approximate surface area is 86.1 Å². The fraction of sp³-hybridized carbons (Fsp3) is 0.909. The van der Waals surface area contributed by atoms with E-state index in [0.717, 1.165) is 12.4 Å². The van der Waals surface area contributed by atoms with E-state index in [9.17, 15) is 0 Å². The lowest BCUT2D eigenvalue weighted by atomic mass is 9.91. The van der Waals surface area contributed by atoms with Crippen LogP contribution in [0.3, 0.4) is 0 Å². The van der Waals surface area contributed by atoms with Gasteiger partial charge in [-0.3, -0.25) is 4.99 Å². The van der Waals surface area contributed by atoms with E-state index < -0.39 is 0 Å². The Balaban J connectivity index is 1.97. The Morgan fingerprint density at radius 2 is 2.21 bits per heavy atom. The molecule has 2 atom stereocenters. The van der Waals surface area contributed by atoms with Gasteiger partial charge in [0, 0.05) is 13.7 Å². The summed E-state index contributed by atoms with van der Waals surface area (Å²) in [7, 11) is 2.16. The van der Waals surface area contributed by atoms with Gasteiger partial charge in [0.25, 0.3) is 0 Å². The normalized spacial score (nSPS) is 31.6. The largest absolute Gasteiger partial charge is 0.374 e. The number of amidine groups is 1. The van der Waals surface area contributed by atoms with Crippen molar-refractivity contribution in [2.24, 2.45) is 4.99 Å². The first-order valence-electron chi connectivity index (χ1n) is 5.70. The zero-order valence-corrected chi connectivity index (χ0v) is 9.20. The first kappa shape index (κ1) is 9.97. The number of hydrogen-bond acceptors (Lipinski definition) is 3. The van der Waals surface area contributed by atoms with Crippen molar-refractivity contribution in [2.75, 3.05) is 20.3 Å². The van der Waals surface area contributed by atoms with Gasteiger partial charge in [-0.25, -0.2) is 0 Å². The van der Waals surface area contributed by atoms with Crippen molar-refractivity contribution in [3.63, 3.8) is 0 Å². The monoisotopic (exact) mass is 196 g/mol. The van der Waals surface area contributed by atoms with Gasteiger partial charge in [-0.2, -0.15) is 0 Å². The lowest BCUT2D eigenvalue weighted by Crippen LogP contribution is -2.39. The molecule has 0 bridgehead atoms. The van der Waals surface area contributed by atoms with Crippen LogP contribution < -0.4 is 0 Å². The summed E-state index contributed by atoms with van der Waals surface area (Å²) in [6.07, 6.45) is 5.29. The zero-order valence-electron chi connectivity index (χ0n) is 9.20. The maximum atomic E-state index is 5.42. The molecular formula is C11H20N2O. The number of ether oxygens (including phenoxy) is 1. The van der Waals surface area contributed by atoms with Crippen molar-refractivity contribution in [2.45, 2.75) is 44.7 Å². The van der Waals surface area contributed by atoms with Crippen molar-refractivity contribution in [1.29, 1.82) is 0 Å². The van der Waals surface area contributed by atoms with Crippen LogP contribution in [0.5, 0.6) is 0 Å². The summed E-state index contributed by atoms with van der Waals surface area (Å²) in [5.41, 5.74) is 0. The highest BCUT2D eigenvalue weighted by molar-refractivity contribution is 5.85. The second kappa shape index (κ2) is 4.30. The third-order valence-corrected chi connectivity index (χ3v) is 3.35. The highest BCUT2D eigenvalue weighted by atomic mass is 16.5. The number of fused-ring (bicyclic) bond motifs is 1. The van der Waals surface area contributed by atoms with Crippen LogP contribution in [0.2, 0.25) is 0 Å². The summed E-state index contributed by atoms with van der Waals surface area (Å²) < 4.78 is 5.42. The van der Waals surface area contributed by atoms with Gasteiger partial charge in [-0.1, -0.05) is 12.8 Å². The van der Waals surface area contributed by atoms with Gasteiger partial charge in [0.1, 0.15) is 12.4 Å². The fourth-order valence-corrected chi connectivity index (χ4v) is 2.50. The minimum absolute atomic E-state index is 0.559. The Hall–Kier alpha value is -0.570. The molecule has 0 amide bonds. The molecule has 0 N–H and O–H groups in total. The minimum Gasteiger partial charge on any atom is -0.374 e. The highest BCUT2D eigenvalue weighted by Crippen LogP contribution is 2.29. The number of likely N-dealkylation sites (N-methyl/N-ethyl adjacent to an activating group) is 1. The molecule has 1 heterocycles. The number of hydrogen-bond donors (Lipinski definition) is 0. The van der Waals surface area contributed by atoms with Crippen LogP contribution in [0, 0.1) is 0 Å². The summed E-state index contributed by atoms with van der Waals surface area (Å²) in [5, 5.41) is 0. The topological polar surface area (TPSA) is 24.8 Å². The maximum absolute atomic E-state index is 5.42. The van der Waals surface area contributed by atoms with Crippen LogP contribution in [0.4, 0.5) is 0 Å². The molecule has 3 heteroatoms. The van der Waals surface area contributed by atoms with Gasteiger partial charge in [0.05, 0.1) is 12.1 Å². The molecule has 2 unspecified atom stereocenters. The molecule has 2 aliphatic rings. The van der Waals surface area contributed by atoms with Crippen molar-refractivity contribution in [1.82, 2.24) is 4.90 Å².